The quantitative estimate of drug-likeness (QED) is 0.305. The summed E-state index contributed by atoms with van der Waals surface area (Å²) in [6.45, 7) is 15.4. The number of aromatic amines is 2. The summed E-state index contributed by atoms with van der Waals surface area (Å²) >= 11 is 0. The summed E-state index contributed by atoms with van der Waals surface area (Å²) in [6, 6.07) is 0. The predicted octanol–water partition coefficient (Wildman–Crippen LogP) is 5.54. The molecule has 2 aromatic rings. The summed E-state index contributed by atoms with van der Waals surface area (Å²) in [5, 5.41) is 12.3. The van der Waals surface area contributed by atoms with Gasteiger partial charge in [-0.05, 0) is 94.2 Å². The predicted molar refractivity (Wildman–Crippen MR) is 148 cm³/mol. The summed E-state index contributed by atoms with van der Waals surface area (Å²) < 4.78 is 5.60. The smallest absolute Gasteiger partial charge is 0.355 e. The molecular weight excluding hydrogens is 482 g/mol. The van der Waals surface area contributed by atoms with Crippen LogP contribution in [0.15, 0.2) is 16.8 Å². The van der Waals surface area contributed by atoms with Crippen molar-refractivity contribution < 1.29 is 24.2 Å². The second kappa shape index (κ2) is 11.5. The van der Waals surface area contributed by atoms with Gasteiger partial charge >= 0.3 is 11.9 Å². The lowest BCUT2D eigenvalue weighted by Crippen LogP contribution is -2.24. The van der Waals surface area contributed by atoms with Crippen LogP contribution in [0.1, 0.15) is 111 Å². The van der Waals surface area contributed by atoms with E-state index in [0.29, 0.717) is 25.0 Å². The van der Waals surface area contributed by atoms with E-state index >= 15 is 0 Å². The molecule has 0 unspecified atom stereocenters. The van der Waals surface area contributed by atoms with Gasteiger partial charge in [-0.2, -0.15) is 0 Å². The number of hydrogen-bond acceptors (Lipinski definition) is 4. The van der Waals surface area contributed by atoms with Crippen molar-refractivity contribution in [2.45, 2.75) is 99.5 Å². The normalized spacial score (nSPS) is 14.9. The number of ether oxygens (including phenoxy) is 1. The summed E-state index contributed by atoms with van der Waals surface area (Å²) in [5.41, 5.74) is 8.98. The van der Waals surface area contributed by atoms with E-state index in [1.165, 1.54) is 11.1 Å². The highest BCUT2D eigenvalue weighted by atomic mass is 16.6. The molecule has 8 heteroatoms. The van der Waals surface area contributed by atoms with Gasteiger partial charge in [-0.15, -0.1) is 0 Å². The van der Waals surface area contributed by atoms with Crippen LogP contribution >= 0.6 is 0 Å². The van der Waals surface area contributed by atoms with Crippen molar-refractivity contribution >= 4 is 23.9 Å². The number of amides is 1. The summed E-state index contributed by atoms with van der Waals surface area (Å²) in [6.07, 6.45) is 5.07. The average molecular weight is 524 g/mol. The number of nitrogens with one attached hydrogen (secondary N) is 3. The number of H-pyrrole nitrogens is 2. The van der Waals surface area contributed by atoms with Gasteiger partial charge in [0.1, 0.15) is 11.3 Å². The maximum absolute atomic E-state index is 12.9. The highest BCUT2D eigenvalue weighted by Crippen LogP contribution is 2.31. The van der Waals surface area contributed by atoms with Crippen LogP contribution in [-0.2, 0) is 40.0 Å². The Kier molecular flexibility index (Phi) is 8.75. The Morgan fingerprint density at radius 1 is 0.947 bits per heavy atom. The standard InChI is InChI=1S/C30H41N3O5/c1-9-18-16(4)22(33-28(18)36)14-23-19(10-2)20(11-3)24(31-23)15-25-21(12-13-26(34)35)17(5)27(32-25)29(37)38-30(6,7)8/h14,31-32H,9-13,15H2,1-8H3,(H,33,36)(H,34,35)/b22-14-. The minimum atomic E-state index is -0.889. The third kappa shape index (κ3) is 6.11. The fourth-order valence-electron chi connectivity index (χ4n) is 5.23. The molecular formula is C30H41N3O5. The molecule has 0 saturated carbocycles. The number of rotatable bonds is 10. The molecule has 0 bridgehead atoms. The number of carbonyl (C=O) groups excluding carboxylic acids is 2. The number of aromatic nitrogens is 2. The summed E-state index contributed by atoms with van der Waals surface area (Å²) in [5.74, 6) is -1.39. The van der Waals surface area contributed by atoms with Crippen molar-refractivity contribution in [3.8, 4) is 0 Å². The Morgan fingerprint density at radius 2 is 1.58 bits per heavy atom. The van der Waals surface area contributed by atoms with Crippen LogP contribution in [0.4, 0.5) is 0 Å². The fraction of sp³-hybridized carbons (Fsp3) is 0.500. The van der Waals surface area contributed by atoms with E-state index < -0.39 is 17.5 Å². The van der Waals surface area contributed by atoms with Gasteiger partial charge in [-0.1, -0.05) is 20.8 Å². The van der Waals surface area contributed by atoms with Crippen molar-refractivity contribution in [3.05, 3.63) is 61.9 Å². The molecule has 0 aliphatic carbocycles. The number of carboxylic acids is 1. The Labute approximate surface area is 224 Å². The zero-order valence-electron chi connectivity index (χ0n) is 23.9. The first kappa shape index (κ1) is 29.0. The molecule has 0 fully saturated rings. The first-order valence-corrected chi connectivity index (χ1v) is 13.4. The molecule has 2 aromatic heterocycles. The number of carboxylic acid groups (broad SMARTS) is 1. The second-order valence-corrected chi connectivity index (χ2v) is 10.8. The van der Waals surface area contributed by atoms with Gasteiger partial charge < -0.3 is 25.1 Å². The highest BCUT2D eigenvalue weighted by molar-refractivity contribution is 6.01. The molecule has 0 aromatic carbocycles. The van der Waals surface area contributed by atoms with E-state index in [1.54, 1.807) is 0 Å². The van der Waals surface area contributed by atoms with E-state index in [1.807, 2.05) is 47.6 Å². The van der Waals surface area contributed by atoms with Gasteiger partial charge in [0.15, 0.2) is 0 Å². The number of aliphatic carboxylic acids is 1. The zero-order valence-corrected chi connectivity index (χ0v) is 23.9. The Hall–Kier alpha value is -3.55. The monoisotopic (exact) mass is 523 g/mol. The molecule has 1 aliphatic rings. The van der Waals surface area contributed by atoms with Gasteiger partial charge in [0.05, 0.1) is 0 Å². The van der Waals surface area contributed by atoms with Crippen molar-refractivity contribution in [1.29, 1.82) is 0 Å². The van der Waals surface area contributed by atoms with Crippen LogP contribution < -0.4 is 5.32 Å². The Bertz CT molecular complexity index is 1310. The highest BCUT2D eigenvalue weighted by Gasteiger charge is 2.27. The van der Waals surface area contributed by atoms with E-state index in [4.69, 9.17) is 4.74 Å². The molecule has 0 saturated heterocycles. The van der Waals surface area contributed by atoms with E-state index in [0.717, 1.165) is 57.9 Å². The molecule has 38 heavy (non-hydrogen) atoms. The molecule has 0 radical (unpaired) electrons. The van der Waals surface area contributed by atoms with Gasteiger partial charge in [-0.3, -0.25) is 9.59 Å². The minimum Gasteiger partial charge on any atom is -0.481 e. The SMILES string of the molecule is CCC1=C(C)/C(=C/c2[nH]c(Cc3[nH]c(C(=O)OC(C)(C)C)c(C)c3CCC(=O)O)c(CC)c2CC)NC1=O. The minimum absolute atomic E-state index is 0.0343. The topological polar surface area (TPSA) is 124 Å². The van der Waals surface area contributed by atoms with Gasteiger partial charge in [0.2, 0.25) is 0 Å². The second-order valence-electron chi connectivity index (χ2n) is 10.8. The first-order valence-electron chi connectivity index (χ1n) is 13.4. The molecule has 0 spiro atoms. The molecule has 0 atom stereocenters. The Morgan fingerprint density at radius 3 is 2.11 bits per heavy atom. The van der Waals surface area contributed by atoms with Crippen LogP contribution in [0.5, 0.6) is 0 Å². The average Bonchev–Trinajstić information content (AvgIpc) is 3.41. The maximum Gasteiger partial charge on any atom is 0.355 e. The van der Waals surface area contributed by atoms with Crippen molar-refractivity contribution in [3.63, 3.8) is 0 Å². The molecule has 1 amide bonds. The lowest BCUT2D eigenvalue weighted by molar-refractivity contribution is -0.137. The molecule has 3 rings (SSSR count). The lowest BCUT2D eigenvalue weighted by Gasteiger charge is -2.19. The summed E-state index contributed by atoms with van der Waals surface area (Å²) in [4.78, 5) is 43.5. The summed E-state index contributed by atoms with van der Waals surface area (Å²) in [7, 11) is 0. The third-order valence-corrected chi connectivity index (χ3v) is 7.08. The van der Waals surface area contributed by atoms with Crippen LogP contribution in [0, 0.1) is 6.92 Å². The molecule has 3 heterocycles. The van der Waals surface area contributed by atoms with Crippen molar-refractivity contribution in [2.75, 3.05) is 0 Å². The maximum atomic E-state index is 12.9. The van der Waals surface area contributed by atoms with Crippen molar-refractivity contribution in [2.24, 2.45) is 0 Å². The lowest BCUT2D eigenvalue weighted by atomic mass is 9.98. The first-order chi connectivity index (χ1) is 17.8. The van der Waals surface area contributed by atoms with Gasteiger partial charge in [0.25, 0.3) is 5.91 Å². The number of esters is 1. The third-order valence-electron chi connectivity index (χ3n) is 7.08. The van der Waals surface area contributed by atoms with Crippen LogP contribution in [0.3, 0.4) is 0 Å². The van der Waals surface area contributed by atoms with Crippen molar-refractivity contribution in [1.82, 2.24) is 15.3 Å². The number of carbonyl (C=O) groups is 3. The molecule has 8 nitrogen and oxygen atoms in total. The van der Waals surface area contributed by atoms with Crippen LogP contribution in [0.25, 0.3) is 6.08 Å². The fourth-order valence-corrected chi connectivity index (χ4v) is 5.23. The number of allylic oxidation sites excluding steroid dienone is 1. The van der Waals surface area contributed by atoms with E-state index in [-0.39, 0.29) is 12.3 Å². The molecule has 206 valence electrons. The van der Waals surface area contributed by atoms with Crippen LogP contribution in [-0.4, -0.2) is 38.5 Å². The van der Waals surface area contributed by atoms with Gasteiger partial charge in [0, 0.05) is 41.2 Å². The van der Waals surface area contributed by atoms with Crippen LogP contribution in [0.2, 0.25) is 0 Å². The van der Waals surface area contributed by atoms with E-state index in [9.17, 15) is 19.5 Å². The van der Waals surface area contributed by atoms with Gasteiger partial charge in [-0.25, -0.2) is 4.79 Å². The molecule has 1 aliphatic heterocycles. The number of hydrogen-bond donors (Lipinski definition) is 4. The zero-order chi connectivity index (χ0) is 28.4. The largest absolute Gasteiger partial charge is 0.481 e. The Balaban J connectivity index is 2.07. The van der Waals surface area contributed by atoms with E-state index in [2.05, 4.69) is 29.1 Å². The molecule has 4 N–H and O–H groups in total.